The average Bonchev–Trinajstić information content (AvgIpc) is 2.34. The lowest BCUT2D eigenvalue weighted by Gasteiger charge is -2.22. The summed E-state index contributed by atoms with van der Waals surface area (Å²) in [5.74, 6) is 0.162. The molecule has 0 unspecified atom stereocenters. The molecule has 3 N–H and O–H groups in total. The Balaban J connectivity index is 2.51. The number of aromatic hydroxyl groups is 1. The topological polar surface area (TPSA) is 66.6 Å². The number of rotatable bonds is 2. The van der Waals surface area contributed by atoms with E-state index >= 15 is 0 Å². The van der Waals surface area contributed by atoms with Crippen molar-refractivity contribution < 1.29 is 9.90 Å². The van der Waals surface area contributed by atoms with Crippen LogP contribution in [0.15, 0.2) is 42.5 Å². The minimum Gasteiger partial charge on any atom is -0.508 e. The molecule has 0 saturated carbocycles. The highest BCUT2D eigenvalue weighted by Crippen LogP contribution is 2.30. The van der Waals surface area contributed by atoms with Gasteiger partial charge in [-0.1, -0.05) is 17.7 Å². The molecular formula is C15H16N2O2. The Labute approximate surface area is 112 Å². The first kappa shape index (κ1) is 13.0. The van der Waals surface area contributed by atoms with Crippen molar-refractivity contribution in [2.45, 2.75) is 13.8 Å². The van der Waals surface area contributed by atoms with Crippen molar-refractivity contribution in [3.63, 3.8) is 0 Å². The van der Waals surface area contributed by atoms with Gasteiger partial charge in [0, 0.05) is 0 Å². The first-order valence-electron chi connectivity index (χ1n) is 5.95. The molecule has 0 aromatic heterocycles. The van der Waals surface area contributed by atoms with Gasteiger partial charge in [-0.3, -0.25) is 4.90 Å². The smallest absolute Gasteiger partial charge is 0.323 e. The minimum absolute atomic E-state index is 0.162. The number of nitrogens with zero attached hydrogens (tertiary/aromatic N) is 1. The fourth-order valence-corrected chi connectivity index (χ4v) is 1.97. The molecule has 4 heteroatoms. The van der Waals surface area contributed by atoms with E-state index in [4.69, 9.17) is 5.73 Å². The van der Waals surface area contributed by atoms with Gasteiger partial charge in [0.2, 0.25) is 0 Å². The van der Waals surface area contributed by atoms with Gasteiger partial charge in [-0.2, -0.15) is 0 Å². The Bertz CT molecular complexity index is 606. The molecule has 2 rings (SSSR count). The zero-order valence-electron chi connectivity index (χ0n) is 10.9. The first-order chi connectivity index (χ1) is 8.99. The normalized spacial score (nSPS) is 10.2. The standard InChI is InChI=1S/C15H16N2O2/c1-10-3-5-12(6-4-10)17(15(16)19)14-8-7-13(18)9-11(14)2/h3-9,18H,1-2H3,(H2,16,19). The van der Waals surface area contributed by atoms with Gasteiger partial charge in [0.05, 0.1) is 11.4 Å². The third-order valence-corrected chi connectivity index (χ3v) is 2.93. The van der Waals surface area contributed by atoms with Crippen LogP contribution in [0.3, 0.4) is 0 Å². The number of urea groups is 1. The molecule has 0 heterocycles. The number of primary amides is 1. The molecule has 0 saturated heterocycles. The summed E-state index contributed by atoms with van der Waals surface area (Å²) in [6.07, 6.45) is 0. The molecule has 0 aliphatic rings. The van der Waals surface area contributed by atoms with Crippen LogP contribution in [-0.4, -0.2) is 11.1 Å². The van der Waals surface area contributed by atoms with E-state index in [9.17, 15) is 9.90 Å². The summed E-state index contributed by atoms with van der Waals surface area (Å²) in [6.45, 7) is 3.80. The second kappa shape index (κ2) is 5.02. The lowest BCUT2D eigenvalue weighted by Crippen LogP contribution is -2.31. The highest BCUT2D eigenvalue weighted by molar-refractivity contribution is 5.99. The van der Waals surface area contributed by atoms with Crippen LogP contribution < -0.4 is 10.6 Å². The molecule has 19 heavy (non-hydrogen) atoms. The van der Waals surface area contributed by atoms with E-state index in [1.54, 1.807) is 12.1 Å². The van der Waals surface area contributed by atoms with Gasteiger partial charge in [-0.15, -0.1) is 0 Å². The Hall–Kier alpha value is -2.49. The minimum atomic E-state index is -0.558. The van der Waals surface area contributed by atoms with Crippen molar-refractivity contribution in [2.75, 3.05) is 4.90 Å². The quantitative estimate of drug-likeness (QED) is 0.866. The Morgan fingerprint density at radius 2 is 1.74 bits per heavy atom. The van der Waals surface area contributed by atoms with Gasteiger partial charge < -0.3 is 10.8 Å². The third kappa shape index (κ3) is 2.68. The Morgan fingerprint density at radius 1 is 1.11 bits per heavy atom. The average molecular weight is 256 g/mol. The SMILES string of the molecule is Cc1ccc(N(C(N)=O)c2ccc(O)cc2C)cc1. The molecule has 0 bridgehead atoms. The van der Waals surface area contributed by atoms with Gasteiger partial charge in [0.25, 0.3) is 0 Å². The van der Waals surface area contributed by atoms with Crippen LogP contribution in [0.1, 0.15) is 11.1 Å². The third-order valence-electron chi connectivity index (χ3n) is 2.93. The van der Waals surface area contributed by atoms with E-state index in [2.05, 4.69) is 0 Å². The number of carbonyl (C=O) groups is 1. The lowest BCUT2D eigenvalue weighted by atomic mass is 10.1. The molecule has 0 atom stereocenters. The Kier molecular flexibility index (Phi) is 3.42. The number of anilines is 2. The van der Waals surface area contributed by atoms with Crippen molar-refractivity contribution in [1.29, 1.82) is 0 Å². The van der Waals surface area contributed by atoms with Crippen molar-refractivity contribution in [3.05, 3.63) is 53.6 Å². The summed E-state index contributed by atoms with van der Waals surface area (Å²) < 4.78 is 0. The number of hydrogen-bond acceptors (Lipinski definition) is 2. The van der Waals surface area contributed by atoms with Gasteiger partial charge in [-0.05, 0) is 49.7 Å². The summed E-state index contributed by atoms with van der Waals surface area (Å²) in [5.41, 5.74) is 8.72. The number of nitrogens with two attached hydrogens (primary N) is 1. The van der Waals surface area contributed by atoms with Crippen molar-refractivity contribution in [1.82, 2.24) is 0 Å². The van der Waals surface area contributed by atoms with Gasteiger partial charge in [0.1, 0.15) is 5.75 Å². The van der Waals surface area contributed by atoms with Crippen molar-refractivity contribution in [2.24, 2.45) is 5.73 Å². The summed E-state index contributed by atoms with van der Waals surface area (Å²) in [6, 6.07) is 11.8. The first-order valence-corrected chi connectivity index (χ1v) is 5.95. The molecule has 0 aliphatic carbocycles. The number of carbonyl (C=O) groups excluding carboxylic acids is 1. The number of hydrogen-bond donors (Lipinski definition) is 2. The van der Waals surface area contributed by atoms with Crippen LogP contribution in [0.4, 0.5) is 16.2 Å². The van der Waals surface area contributed by atoms with Gasteiger partial charge in [-0.25, -0.2) is 4.79 Å². The van der Waals surface area contributed by atoms with Gasteiger partial charge in [0.15, 0.2) is 0 Å². The van der Waals surface area contributed by atoms with E-state index in [1.807, 2.05) is 38.1 Å². The van der Waals surface area contributed by atoms with E-state index in [-0.39, 0.29) is 5.75 Å². The molecule has 0 aliphatic heterocycles. The van der Waals surface area contributed by atoms with Crippen LogP contribution in [-0.2, 0) is 0 Å². The van der Waals surface area contributed by atoms with E-state index in [0.717, 1.165) is 11.1 Å². The molecule has 0 radical (unpaired) electrons. The van der Waals surface area contributed by atoms with Crippen molar-refractivity contribution in [3.8, 4) is 5.75 Å². The molecule has 2 aromatic carbocycles. The number of amides is 2. The molecule has 98 valence electrons. The maximum absolute atomic E-state index is 11.7. The summed E-state index contributed by atoms with van der Waals surface area (Å²) >= 11 is 0. The maximum Gasteiger partial charge on any atom is 0.323 e. The molecule has 0 spiro atoms. The maximum atomic E-state index is 11.7. The zero-order chi connectivity index (χ0) is 14.0. The Morgan fingerprint density at radius 3 is 2.26 bits per heavy atom. The van der Waals surface area contributed by atoms with Gasteiger partial charge >= 0.3 is 6.03 Å². The summed E-state index contributed by atoms with van der Waals surface area (Å²) in [4.78, 5) is 13.1. The monoisotopic (exact) mass is 256 g/mol. The predicted molar refractivity (Wildman–Crippen MR) is 75.7 cm³/mol. The fraction of sp³-hybridized carbons (Fsp3) is 0.133. The number of phenols is 1. The second-order valence-corrected chi connectivity index (χ2v) is 4.48. The van der Waals surface area contributed by atoms with Crippen LogP contribution in [0, 0.1) is 13.8 Å². The lowest BCUT2D eigenvalue weighted by molar-refractivity contribution is 0.256. The predicted octanol–water partition coefficient (Wildman–Crippen LogP) is 3.23. The molecule has 0 fully saturated rings. The van der Waals surface area contributed by atoms with Crippen LogP contribution >= 0.6 is 0 Å². The largest absolute Gasteiger partial charge is 0.508 e. The fourth-order valence-electron chi connectivity index (χ4n) is 1.97. The van der Waals surface area contributed by atoms with Crippen LogP contribution in [0.2, 0.25) is 0 Å². The molecular weight excluding hydrogens is 240 g/mol. The summed E-state index contributed by atoms with van der Waals surface area (Å²) in [5, 5.41) is 9.43. The number of phenolic OH excluding ortho intramolecular Hbond substituents is 1. The zero-order valence-corrected chi connectivity index (χ0v) is 10.9. The number of aryl methyl sites for hydroxylation is 2. The van der Waals surface area contributed by atoms with E-state index in [1.165, 1.54) is 11.0 Å². The highest BCUT2D eigenvalue weighted by atomic mass is 16.3. The van der Waals surface area contributed by atoms with Crippen LogP contribution in [0.5, 0.6) is 5.75 Å². The second-order valence-electron chi connectivity index (χ2n) is 4.48. The van der Waals surface area contributed by atoms with E-state index in [0.29, 0.717) is 11.4 Å². The molecule has 2 amide bonds. The summed E-state index contributed by atoms with van der Waals surface area (Å²) in [7, 11) is 0. The van der Waals surface area contributed by atoms with Crippen molar-refractivity contribution >= 4 is 17.4 Å². The van der Waals surface area contributed by atoms with Crippen LogP contribution in [0.25, 0.3) is 0 Å². The number of benzene rings is 2. The molecule has 4 nitrogen and oxygen atoms in total. The van der Waals surface area contributed by atoms with E-state index < -0.39 is 6.03 Å². The molecule has 2 aromatic rings. The highest BCUT2D eigenvalue weighted by Gasteiger charge is 2.17.